The van der Waals surface area contributed by atoms with Crippen molar-refractivity contribution in [2.75, 3.05) is 30.5 Å². The molecule has 0 aliphatic heterocycles. The van der Waals surface area contributed by atoms with Crippen molar-refractivity contribution in [1.29, 1.82) is 0 Å². The van der Waals surface area contributed by atoms with Gasteiger partial charge in [-0.2, -0.15) is 0 Å². The number of carbonyl (C=O) groups is 1. The minimum absolute atomic E-state index is 0.00244. The molecule has 1 amide bonds. The fraction of sp³-hybridized carbons (Fsp3) is 0.353. The number of anilines is 4. The molecule has 8 heteroatoms. The summed E-state index contributed by atoms with van der Waals surface area (Å²) in [6, 6.07) is 2.75. The number of nitrogens with one attached hydrogen (secondary N) is 2. The van der Waals surface area contributed by atoms with E-state index in [1.807, 2.05) is 13.8 Å². The Morgan fingerprint density at radius 2 is 1.84 bits per heavy atom. The highest BCUT2D eigenvalue weighted by Crippen LogP contribution is 2.34. The van der Waals surface area contributed by atoms with Crippen molar-refractivity contribution in [3.63, 3.8) is 0 Å². The molecule has 0 spiro atoms. The number of phenols is 1. The van der Waals surface area contributed by atoms with Crippen LogP contribution in [0.2, 0.25) is 0 Å². The summed E-state index contributed by atoms with van der Waals surface area (Å²) in [5.74, 6) is -0.772. The van der Waals surface area contributed by atoms with E-state index in [0.717, 1.165) is 6.42 Å². The lowest BCUT2D eigenvalue weighted by atomic mass is 10.1. The topological polar surface area (TPSA) is 125 Å². The maximum Gasteiger partial charge on any atom is 0.257 e. The molecule has 25 heavy (non-hydrogen) atoms. The van der Waals surface area contributed by atoms with Crippen LogP contribution in [-0.2, 0) is 0 Å². The van der Waals surface area contributed by atoms with Crippen molar-refractivity contribution < 1.29 is 9.90 Å². The molecule has 8 nitrogen and oxygen atoms in total. The van der Waals surface area contributed by atoms with Crippen LogP contribution in [0.15, 0.2) is 21.7 Å². The van der Waals surface area contributed by atoms with Gasteiger partial charge in [-0.1, -0.05) is 6.92 Å². The minimum Gasteiger partial charge on any atom is -0.505 e. The first-order valence-electron chi connectivity index (χ1n) is 7.88. The molecule has 0 unspecified atom stereocenters. The second-order valence-electron chi connectivity index (χ2n) is 6.15. The predicted molar refractivity (Wildman–Crippen MR) is 98.5 cm³/mol. The van der Waals surface area contributed by atoms with Gasteiger partial charge in [-0.05, 0) is 25.5 Å². The number of aromatic hydroxyl groups is 1. The van der Waals surface area contributed by atoms with Crippen LogP contribution in [0.25, 0.3) is 0 Å². The molecule has 2 aromatic rings. The largest absolute Gasteiger partial charge is 0.505 e. The lowest BCUT2D eigenvalue weighted by Crippen LogP contribution is -2.38. The Kier molecular flexibility index (Phi) is 5.01. The molecule has 5 N–H and O–H groups in total. The highest BCUT2D eigenvalue weighted by molar-refractivity contribution is 6.00. The zero-order valence-corrected chi connectivity index (χ0v) is 14.6. The van der Waals surface area contributed by atoms with Crippen LogP contribution >= 0.6 is 0 Å². The van der Waals surface area contributed by atoms with Crippen LogP contribution in [0.3, 0.4) is 0 Å². The van der Waals surface area contributed by atoms with Crippen molar-refractivity contribution >= 4 is 28.7 Å². The molecule has 1 atom stereocenters. The minimum atomic E-state index is -0.687. The van der Waals surface area contributed by atoms with E-state index < -0.39 is 16.8 Å². The quantitative estimate of drug-likeness (QED) is 0.268. The van der Waals surface area contributed by atoms with E-state index in [0.29, 0.717) is 0 Å². The number of carbonyl (C=O) groups excluding carboxylic acids is 1. The van der Waals surface area contributed by atoms with Gasteiger partial charge in [0, 0.05) is 25.8 Å². The van der Waals surface area contributed by atoms with Gasteiger partial charge in [-0.3, -0.25) is 14.4 Å². The molecule has 0 aliphatic carbocycles. The average Bonchev–Trinajstić information content (AvgIpc) is 2.58. The van der Waals surface area contributed by atoms with Crippen LogP contribution in [0.1, 0.15) is 30.6 Å². The highest BCUT2D eigenvalue weighted by Gasteiger charge is 2.24. The van der Waals surface area contributed by atoms with Gasteiger partial charge in [0.2, 0.25) is 0 Å². The zero-order chi connectivity index (χ0) is 18.9. The molecule has 2 rings (SSSR count). The summed E-state index contributed by atoms with van der Waals surface area (Å²) in [7, 11) is 3.09. The van der Waals surface area contributed by atoms with Gasteiger partial charge < -0.3 is 26.4 Å². The van der Waals surface area contributed by atoms with Gasteiger partial charge in [-0.25, -0.2) is 0 Å². The van der Waals surface area contributed by atoms with Crippen LogP contribution in [0, 0.1) is 0 Å². The number of nitrogens with two attached hydrogens (primary N) is 1. The Morgan fingerprint density at radius 1 is 1.24 bits per heavy atom. The number of phenolic OH excluding ortho intramolecular Hbond substituents is 1. The van der Waals surface area contributed by atoms with E-state index in [9.17, 15) is 19.5 Å². The average molecular weight is 346 g/mol. The Hall–Kier alpha value is -3.03. The normalized spacial score (nSPS) is 12.0. The van der Waals surface area contributed by atoms with E-state index >= 15 is 0 Å². The van der Waals surface area contributed by atoms with Gasteiger partial charge in [-0.15, -0.1) is 0 Å². The number of hydrogen-bond donors (Lipinski definition) is 4. The summed E-state index contributed by atoms with van der Waals surface area (Å²) in [5, 5.41) is 16.1. The van der Waals surface area contributed by atoms with Gasteiger partial charge >= 0.3 is 0 Å². The summed E-state index contributed by atoms with van der Waals surface area (Å²) in [6.45, 7) is 3.83. The Balaban J connectivity index is 2.43. The molecule has 0 fully saturated rings. The molecule has 0 saturated carbocycles. The first-order chi connectivity index (χ1) is 11.7. The Bertz CT molecular complexity index is 882. The summed E-state index contributed by atoms with van der Waals surface area (Å²) in [5.41, 5.74) is 5.04. The smallest absolute Gasteiger partial charge is 0.257 e. The lowest BCUT2D eigenvalue weighted by molar-refractivity contribution is 0.0825. The van der Waals surface area contributed by atoms with Crippen LogP contribution < -0.4 is 27.2 Å². The maximum atomic E-state index is 12.1. The fourth-order valence-electron chi connectivity index (χ4n) is 2.29. The van der Waals surface area contributed by atoms with Crippen molar-refractivity contribution in [2.24, 2.45) is 0 Å². The van der Waals surface area contributed by atoms with Gasteiger partial charge in [0.15, 0.2) is 5.75 Å². The van der Waals surface area contributed by atoms with Gasteiger partial charge in [0.25, 0.3) is 16.8 Å². The summed E-state index contributed by atoms with van der Waals surface area (Å²) in [6.07, 6.45) is 0.767. The van der Waals surface area contributed by atoms with Crippen LogP contribution in [-0.4, -0.2) is 36.1 Å². The third-order valence-electron chi connectivity index (χ3n) is 3.94. The third-order valence-corrected chi connectivity index (χ3v) is 3.94. The van der Waals surface area contributed by atoms with Crippen molar-refractivity contribution in [2.45, 2.75) is 26.3 Å². The SMILES string of the molecule is CC[C@H](C)Nc1c(Nc2cc(N)cc(C(=O)N(C)C)c2O)c(=O)c1=O. The van der Waals surface area contributed by atoms with Crippen LogP contribution in [0.4, 0.5) is 22.7 Å². The maximum absolute atomic E-state index is 12.1. The number of amides is 1. The Morgan fingerprint density at radius 3 is 2.40 bits per heavy atom. The predicted octanol–water partition coefficient (Wildman–Crippen LogP) is 1.23. The third kappa shape index (κ3) is 3.42. The first-order valence-corrected chi connectivity index (χ1v) is 7.88. The van der Waals surface area contributed by atoms with E-state index in [4.69, 9.17) is 5.73 Å². The van der Waals surface area contributed by atoms with Gasteiger partial charge in [0.05, 0.1) is 11.3 Å². The van der Waals surface area contributed by atoms with Crippen molar-refractivity contribution in [3.8, 4) is 5.75 Å². The molecular formula is C17H22N4O4. The molecule has 0 bridgehead atoms. The van der Waals surface area contributed by atoms with E-state index in [2.05, 4.69) is 10.6 Å². The molecule has 0 radical (unpaired) electrons. The second kappa shape index (κ2) is 6.84. The number of rotatable bonds is 6. The van der Waals surface area contributed by atoms with E-state index in [-0.39, 0.29) is 40.1 Å². The van der Waals surface area contributed by atoms with Gasteiger partial charge in [0.1, 0.15) is 11.4 Å². The molecule has 2 aromatic carbocycles. The monoisotopic (exact) mass is 346 g/mol. The van der Waals surface area contributed by atoms with E-state index in [1.54, 1.807) is 14.1 Å². The molecule has 0 aliphatic rings. The molecule has 0 aromatic heterocycles. The molecular weight excluding hydrogens is 324 g/mol. The number of benzene rings is 1. The van der Waals surface area contributed by atoms with Crippen molar-refractivity contribution in [3.05, 3.63) is 38.1 Å². The second-order valence-corrected chi connectivity index (χ2v) is 6.15. The summed E-state index contributed by atoms with van der Waals surface area (Å²) in [4.78, 5) is 37.1. The highest BCUT2D eigenvalue weighted by atomic mass is 16.3. The number of hydrogen-bond acceptors (Lipinski definition) is 7. The summed E-state index contributed by atoms with van der Waals surface area (Å²) < 4.78 is 0. The standard InChI is InChI=1S/C17H22N4O4/c1-5-8(2)19-12-13(16(24)15(12)23)20-11-7-9(18)6-10(14(11)22)17(25)21(3)4/h6-8,19-20,22H,5,18H2,1-4H3/t8-/m0/s1. The van der Waals surface area contributed by atoms with Crippen LogP contribution in [0.5, 0.6) is 5.75 Å². The molecule has 0 heterocycles. The molecule has 134 valence electrons. The first kappa shape index (κ1) is 18.3. The summed E-state index contributed by atoms with van der Waals surface area (Å²) >= 11 is 0. The number of nitrogens with zero attached hydrogens (tertiary/aromatic N) is 1. The number of nitrogen functional groups attached to an aromatic ring is 1. The lowest BCUT2D eigenvalue weighted by Gasteiger charge is -2.20. The zero-order valence-electron chi connectivity index (χ0n) is 14.6. The Labute approximate surface area is 145 Å². The van der Waals surface area contributed by atoms with E-state index in [1.165, 1.54) is 17.0 Å². The van der Waals surface area contributed by atoms with Crippen molar-refractivity contribution in [1.82, 2.24) is 4.90 Å². The molecule has 0 saturated heterocycles. The fourth-order valence-corrected chi connectivity index (χ4v) is 2.29.